The zero-order chi connectivity index (χ0) is 17.6. The summed E-state index contributed by atoms with van der Waals surface area (Å²) in [5.41, 5.74) is 2.18. The number of hydrogen-bond donors (Lipinski definition) is 0. The Hall–Kier alpha value is -2.50. The number of nitrogens with zero attached hydrogens (tertiary/aromatic N) is 1. The van der Waals surface area contributed by atoms with Gasteiger partial charge < -0.3 is 9.47 Å². The minimum absolute atomic E-state index is 0.0172. The van der Waals surface area contributed by atoms with E-state index in [-0.39, 0.29) is 17.2 Å². The third-order valence-electron chi connectivity index (χ3n) is 4.45. The zero-order valence-electron chi connectivity index (χ0n) is 14.2. The lowest BCUT2D eigenvalue weighted by molar-refractivity contribution is -0.226. The third kappa shape index (κ3) is 2.75. The fourth-order valence-corrected chi connectivity index (χ4v) is 3.12. The summed E-state index contributed by atoms with van der Waals surface area (Å²) in [4.78, 5) is 26.5. The second-order valence-electron chi connectivity index (χ2n) is 7.20. The summed E-state index contributed by atoms with van der Waals surface area (Å²) < 4.78 is 11.6. The van der Waals surface area contributed by atoms with E-state index >= 15 is 0 Å². The molecule has 0 aliphatic carbocycles. The van der Waals surface area contributed by atoms with Crippen molar-refractivity contribution in [3.8, 4) is 0 Å². The van der Waals surface area contributed by atoms with Gasteiger partial charge in [0, 0.05) is 11.0 Å². The Morgan fingerprint density at radius 2 is 1.52 bits per heavy atom. The first-order chi connectivity index (χ1) is 12.0. The minimum atomic E-state index is -0.483. The summed E-state index contributed by atoms with van der Waals surface area (Å²) in [6.07, 6.45) is -0.483. The van der Waals surface area contributed by atoms with Crippen molar-refractivity contribution in [2.75, 3.05) is 18.1 Å². The van der Waals surface area contributed by atoms with E-state index in [1.807, 2.05) is 6.07 Å². The minimum Gasteiger partial charge on any atom is -0.348 e. The number of carbonyl (C=O) groups excluding carboxylic acids is 2. The highest BCUT2D eigenvalue weighted by Crippen LogP contribution is 2.34. The monoisotopic (exact) mass is 337 g/mol. The summed E-state index contributed by atoms with van der Waals surface area (Å²) in [5.74, 6) is -0.603. The zero-order valence-corrected chi connectivity index (χ0v) is 14.2. The van der Waals surface area contributed by atoms with Crippen molar-refractivity contribution < 1.29 is 19.1 Å². The average Bonchev–Trinajstić information content (AvgIpc) is 2.86. The molecule has 0 spiro atoms. The van der Waals surface area contributed by atoms with Crippen LogP contribution < -0.4 is 4.90 Å². The molecule has 128 valence electrons. The van der Waals surface area contributed by atoms with E-state index in [4.69, 9.17) is 9.47 Å². The molecule has 4 rings (SSSR count). The molecule has 5 nitrogen and oxygen atoms in total. The topological polar surface area (TPSA) is 55.8 Å². The fourth-order valence-electron chi connectivity index (χ4n) is 3.12. The van der Waals surface area contributed by atoms with E-state index in [0.29, 0.717) is 30.0 Å². The van der Waals surface area contributed by atoms with Gasteiger partial charge in [-0.25, -0.2) is 4.90 Å². The number of hydrogen-bond acceptors (Lipinski definition) is 4. The van der Waals surface area contributed by atoms with Crippen LogP contribution in [0.4, 0.5) is 5.69 Å². The van der Waals surface area contributed by atoms with Crippen LogP contribution in [0.15, 0.2) is 48.5 Å². The van der Waals surface area contributed by atoms with Gasteiger partial charge in [0.25, 0.3) is 11.8 Å². The number of carbonyl (C=O) groups is 2. The molecule has 0 N–H and O–H groups in total. The van der Waals surface area contributed by atoms with Gasteiger partial charge in [0.15, 0.2) is 6.29 Å². The first-order valence-electron chi connectivity index (χ1n) is 8.27. The molecule has 0 unspecified atom stereocenters. The molecule has 1 fully saturated rings. The van der Waals surface area contributed by atoms with Crippen molar-refractivity contribution in [3.63, 3.8) is 0 Å². The van der Waals surface area contributed by atoms with Gasteiger partial charge in [0.05, 0.1) is 30.0 Å². The van der Waals surface area contributed by atoms with E-state index in [0.717, 1.165) is 5.56 Å². The smallest absolute Gasteiger partial charge is 0.266 e. The van der Waals surface area contributed by atoms with Crippen molar-refractivity contribution >= 4 is 17.5 Å². The van der Waals surface area contributed by atoms with Crippen molar-refractivity contribution in [1.29, 1.82) is 0 Å². The maximum Gasteiger partial charge on any atom is 0.266 e. The molecular weight excluding hydrogens is 318 g/mol. The number of imide groups is 1. The van der Waals surface area contributed by atoms with Crippen molar-refractivity contribution in [2.24, 2.45) is 5.41 Å². The molecule has 2 aliphatic rings. The van der Waals surface area contributed by atoms with E-state index in [9.17, 15) is 9.59 Å². The molecule has 1 saturated heterocycles. The number of rotatable bonds is 2. The first-order valence-corrected chi connectivity index (χ1v) is 8.27. The van der Waals surface area contributed by atoms with Crippen LogP contribution in [-0.2, 0) is 9.47 Å². The Balaban J connectivity index is 1.63. The Bertz CT molecular complexity index is 813. The normalized spacial score (nSPS) is 20.0. The van der Waals surface area contributed by atoms with E-state index in [2.05, 4.69) is 13.8 Å². The van der Waals surface area contributed by atoms with Gasteiger partial charge in [0.2, 0.25) is 0 Å². The first kappa shape index (κ1) is 16.0. The van der Waals surface area contributed by atoms with Gasteiger partial charge in [-0.15, -0.1) is 0 Å². The van der Waals surface area contributed by atoms with Gasteiger partial charge in [-0.3, -0.25) is 9.59 Å². The van der Waals surface area contributed by atoms with Crippen molar-refractivity contribution in [1.82, 2.24) is 0 Å². The van der Waals surface area contributed by atoms with Crippen LogP contribution in [0.2, 0.25) is 0 Å². The molecule has 5 heteroatoms. The maximum absolute atomic E-state index is 12.6. The molecule has 0 saturated carbocycles. The quantitative estimate of drug-likeness (QED) is 0.786. The SMILES string of the molecule is CC1(C)COC(c2cccc(N3C(=O)c4ccccc4C3=O)c2)OC1. The number of benzene rings is 2. The number of amides is 2. The van der Waals surface area contributed by atoms with Crippen LogP contribution in [0.1, 0.15) is 46.4 Å². The average molecular weight is 337 g/mol. The fraction of sp³-hybridized carbons (Fsp3) is 0.300. The maximum atomic E-state index is 12.6. The molecule has 0 aromatic heterocycles. The lowest BCUT2D eigenvalue weighted by Gasteiger charge is -2.34. The Morgan fingerprint density at radius 1 is 0.920 bits per heavy atom. The van der Waals surface area contributed by atoms with Gasteiger partial charge in [-0.1, -0.05) is 38.1 Å². The number of ether oxygens (including phenoxy) is 2. The van der Waals surface area contributed by atoms with Crippen LogP contribution in [0.3, 0.4) is 0 Å². The Kier molecular flexibility index (Phi) is 3.71. The van der Waals surface area contributed by atoms with Crippen LogP contribution in [-0.4, -0.2) is 25.0 Å². The molecule has 0 atom stereocenters. The van der Waals surface area contributed by atoms with Gasteiger partial charge in [0.1, 0.15) is 0 Å². The van der Waals surface area contributed by atoms with E-state index in [1.165, 1.54) is 4.90 Å². The summed E-state index contributed by atoms with van der Waals surface area (Å²) in [6, 6.07) is 14.1. The molecule has 0 bridgehead atoms. The lowest BCUT2D eigenvalue weighted by atomic mass is 9.95. The van der Waals surface area contributed by atoms with Crippen LogP contribution in [0, 0.1) is 5.41 Å². The molecule has 2 aliphatic heterocycles. The molecule has 0 radical (unpaired) electrons. The van der Waals surface area contributed by atoms with Crippen LogP contribution in [0.25, 0.3) is 0 Å². The summed E-state index contributed by atoms with van der Waals surface area (Å²) >= 11 is 0. The molecule has 2 aromatic rings. The molecular formula is C20H19NO4. The highest BCUT2D eigenvalue weighted by atomic mass is 16.7. The second kappa shape index (κ2) is 5.79. The van der Waals surface area contributed by atoms with Crippen LogP contribution in [0.5, 0.6) is 0 Å². The Labute approximate surface area is 146 Å². The van der Waals surface area contributed by atoms with Crippen molar-refractivity contribution in [3.05, 3.63) is 65.2 Å². The van der Waals surface area contributed by atoms with Crippen molar-refractivity contribution in [2.45, 2.75) is 20.1 Å². The molecule has 2 heterocycles. The molecule has 2 aromatic carbocycles. The summed E-state index contributed by atoms with van der Waals surface area (Å²) in [6.45, 7) is 5.35. The third-order valence-corrected chi connectivity index (χ3v) is 4.45. The van der Waals surface area contributed by atoms with E-state index < -0.39 is 6.29 Å². The highest BCUT2D eigenvalue weighted by Gasteiger charge is 2.37. The highest BCUT2D eigenvalue weighted by molar-refractivity contribution is 6.34. The predicted octanol–water partition coefficient (Wildman–Crippen LogP) is 3.56. The molecule has 25 heavy (non-hydrogen) atoms. The standard InChI is InChI=1S/C20H19NO4/c1-20(2)11-24-19(25-12-20)13-6-5-7-14(10-13)21-17(22)15-8-3-4-9-16(15)18(21)23/h3-10,19H,11-12H2,1-2H3. The number of fused-ring (bicyclic) bond motifs is 1. The second-order valence-corrected chi connectivity index (χ2v) is 7.20. The summed E-state index contributed by atoms with van der Waals surface area (Å²) in [7, 11) is 0. The van der Waals surface area contributed by atoms with Crippen LogP contribution >= 0.6 is 0 Å². The lowest BCUT2D eigenvalue weighted by Crippen LogP contribution is -2.34. The summed E-state index contributed by atoms with van der Waals surface area (Å²) in [5, 5.41) is 0. The van der Waals surface area contributed by atoms with E-state index in [1.54, 1.807) is 42.5 Å². The molecule has 2 amide bonds. The number of anilines is 1. The van der Waals surface area contributed by atoms with Gasteiger partial charge in [-0.05, 0) is 24.3 Å². The Morgan fingerprint density at radius 3 is 2.12 bits per heavy atom. The van der Waals surface area contributed by atoms with Gasteiger partial charge in [-0.2, -0.15) is 0 Å². The predicted molar refractivity (Wildman–Crippen MR) is 92.5 cm³/mol. The largest absolute Gasteiger partial charge is 0.348 e. The van der Waals surface area contributed by atoms with Gasteiger partial charge >= 0.3 is 0 Å².